The number of halogens is 1. The summed E-state index contributed by atoms with van der Waals surface area (Å²) in [5.74, 6) is -0.645. The number of methoxy groups -OCH3 is 1. The van der Waals surface area contributed by atoms with Crippen molar-refractivity contribution in [1.29, 1.82) is 0 Å². The maximum atomic E-state index is 13.0. The van der Waals surface area contributed by atoms with Gasteiger partial charge < -0.3 is 19.9 Å². The number of carbonyl (C=O) groups is 2. The third kappa shape index (κ3) is 6.31. The Balaban J connectivity index is 1.49. The van der Waals surface area contributed by atoms with Crippen molar-refractivity contribution in [3.05, 3.63) is 107 Å². The van der Waals surface area contributed by atoms with Crippen molar-refractivity contribution in [2.75, 3.05) is 23.8 Å². The molecule has 0 fully saturated rings. The zero-order valence-electron chi connectivity index (χ0n) is 20.8. The predicted octanol–water partition coefficient (Wildman–Crippen LogP) is 5.92. The number of carboxylic acid groups (broad SMARTS) is 1. The van der Waals surface area contributed by atoms with Crippen LogP contribution in [-0.4, -0.2) is 39.6 Å². The van der Waals surface area contributed by atoms with Crippen LogP contribution in [0.15, 0.2) is 95.9 Å². The van der Waals surface area contributed by atoms with Gasteiger partial charge in [-0.1, -0.05) is 11.6 Å². The number of carboxylic acids is 1. The Labute approximate surface area is 230 Å². The van der Waals surface area contributed by atoms with Gasteiger partial charge in [-0.15, -0.1) is 0 Å². The number of nitrogens with zero attached hydrogens (tertiary/aromatic N) is 1. The molecule has 0 heterocycles. The number of aromatic carboxylic acids is 1. The van der Waals surface area contributed by atoms with Gasteiger partial charge in [0.25, 0.3) is 15.9 Å². The number of carbonyl (C=O) groups excluding carboxylic acids is 1. The Kier molecular flexibility index (Phi) is 8.08. The first-order valence-electron chi connectivity index (χ1n) is 11.4. The van der Waals surface area contributed by atoms with Crippen LogP contribution in [0.2, 0.25) is 5.02 Å². The second-order valence-electron chi connectivity index (χ2n) is 8.22. The fourth-order valence-electron chi connectivity index (χ4n) is 3.57. The van der Waals surface area contributed by atoms with Crippen LogP contribution in [0.1, 0.15) is 20.7 Å². The molecule has 0 unspecified atom stereocenters. The van der Waals surface area contributed by atoms with E-state index >= 15 is 0 Å². The largest absolute Gasteiger partial charge is 0.497 e. The summed E-state index contributed by atoms with van der Waals surface area (Å²) < 4.78 is 38.0. The third-order valence-corrected chi connectivity index (χ3v) is 7.78. The first-order valence-corrected chi connectivity index (χ1v) is 13.3. The summed E-state index contributed by atoms with van der Waals surface area (Å²) >= 11 is 5.85. The fraction of sp³-hybridized carbons (Fsp3) is 0.0714. The SMILES string of the molecule is COc1ccc(S(=O)(=O)N(C)c2ccc(Oc3ccc(NC(=O)c4ccc(Cl)cc4)c(C(=O)O)c3)cc2)cc1. The molecule has 4 rings (SSSR count). The van der Waals surface area contributed by atoms with Gasteiger partial charge in [0.1, 0.15) is 17.2 Å². The van der Waals surface area contributed by atoms with E-state index in [0.29, 0.717) is 27.8 Å². The minimum absolute atomic E-state index is 0.0931. The van der Waals surface area contributed by atoms with Crippen molar-refractivity contribution in [2.24, 2.45) is 0 Å². The summed E-state index contributed by atoms with van der Waals surface area (Å²) in [4.78, 5) is 24.5. The molecular formula is C28H23ClN2O7S. The molecular weight excluding hydrogens is 544 g/mol. The highest BCUT2D eigenvalue weighted by molar-refractivity contribution is 7.92. The minimum Gasteiger partial charge on any atom is -0.497 e. The maximum absolute atomic E-state index is 13.0. The van der Waals surface area contributed by atoms with E-state index < -0.39 is 21.9 Å². The minimum atomic E-state index is -3.81. The van der Waals surface area contributed by atoms with Crippen LogP contribution < -0.4 is 19.1 Å². The van der Waals surface area contributed by atoms with Gasteiger partial charge in [-0.25, -0.2) is 13.2 Å². The Morgan fingerprint density at radius 3 is 2.03 bits per heavy atom. The van der Waals surface area contributed by atoms with Gasteiger partial charge in [0.2, 0.25) is 0 Å². The number of hydrogen-bond donors (Lipinski definition) is 2. The average Bonchev–Trinajstić information content (AvgIpc) is 2.94. The first-order chi connectivity index (χ1) is 18.6. The van der Waals surface area contributed by atoms with E-state index in [1.165, 1.54) is 56.6 Å². The zero-order valence-corrected chi connectivity index (χ0v) is 22.4. The molecule has 0 radical (unpaired) electrons. The second kappa shape index (κ2) is 11.5. The van der Waals surface area contributed by atoms with Crippen molar-refractivity contribution in [3.63, 3.8) is 0 Å². The van der Waals surface area contributed by atoms with Gasteiger partial charge in [0.05, 0.1) is 28.9 Å². The summed E-state index contributed by atoms with van der Waals surface area (Å²) in [6.45, 7) is 0. The molecule has 0 spiro atoms. The van der Waals surface area contributed by atoms with Crippen LogP contribution in [-0.2, 0) is 10.0 Å². The third-order valence-electron chi connectivity index (χ3n) is 5.73. The van der Waals surface area contributed by atoms with Crippen LogP contribution in [0, 0.1) is 0 Å². The van der Waals surface area contributed by atoms with Crippen molar-refractivity contribution < 1.29 is 32.6 Å². The highest BCUT2D eigenvalue weighted by Gasteiger charge is 2.21. The molecule has 4 aromatic carbocycles. The standard InChI is InChI=1S/C28H23ClN2O7S/c1-31(39(35,36)24-14-11-21(37-2)12-15-24)20-7-9-22(10-8-20)38-23-13-16-26(25(17-23)28(33)34)30-27(32)18-3-5-19(29)6-4-18/h3-17H,1-2H3,(H,30,32)(H,33,34). The van der Waals surface area contributed by atoms with E-state index in [1.807, 2.05) is 0 Å². The van der Waals surface area contributed by atoms with Crippen molar-refractivity contribution >= 4 is 44.9 Å². The Morgan fingerprint density at radius 1 is 0.846 bits per heavy atom. The highest BCUT2D eigenvalue weighted by Crippen LogP contribution is 2.30. The summed E-state index contributed by atoms with van der Waals surface area (Å²) in [5, 5.41) is 12.7. The molecule has 1 amide bonds. The van der Waals surface area contributed by atoms with Crippen molar-refractivity contribution in [3.8, 4) is 17.2 Å². The molecule has 0 saturated heterocycles. The van der Waals surface area contributed by atoms with Crippen LogP contribution >= 0.6 is 11.6 Å². The Bertz CT molecular complexity index is 1610. The Morgan fingerprint density at radius 2 is 1.44 bits per heavy atom. The number of rotatable bonds is 9. The summed E-state index contributed by atoms with van der Waals surface area (Å²) in [7, 11) is -0.877. The number of sulfonamides is 1. The van der Waals surface area contributed by atoms with E-state index in [4.69, 9.17) is 21.1 Å². The van der Waals surface area contributed by atoms with E-state index in [2.05, 4.69) is 5.32 Å². The monoisotopic (exact) mass is 566 g/mol. The molecule has 200 valence electrons. The van der Waals surface area contributed by atoms with Crippen molar-refractivity contribution in [1.82, 2.24) is 0 Å². The topological polar surface area (TPSA) is 122 Å². The number of ether oxygens (including phenoxy) is 2. The lowest BCUT2D eigenvalue weighted by Gasteiger charge is -2.20. The lowest BCUT2D eigenvalue weighted by Crippen LogP contribution is -2.26. The number of hydrogen-bond acceptors (Lipinski definition) is 6. The second-order valence-corrected chi connectivity index (χ2v) is 10.6. The fourth-order valence-corrected chi connectivity index (χ4v) is 4.89. The van der Waals surface area contributed by atoms with E-state index in [9.17, 15) is 23.1 Å². The van der Waals surface area contributed by atoms with Crippen molar-refractivity contribution in [2.45, 2.75) is 4.90 Å². The van der Waals surface area contributed by atoms with E-state index in [-0.39, 0.29) is 21.9 Å². The number of benzene rings is 4. The highest BCUT2D eigenvalue weighted by atomic mass is 35.5. The molecule has 0 aliphatic carbocycles. The van der Waals surface area contributed by atoms with Gasteiger partial charge in [-0.3, -0.25) is 9.10 Å². The predicted molar refractivity (Wildman–Crippen MR) is 148 cm³/mol. The lowest BCUT2D eigenvalue weighted by molar-refractivity contribution is 0.0697. The van der Waals surface area contributed by atoms with Gasteiger partial charge >= 0.3 is 5.97 Å². The molecule has 39 heavy (non-hydrogen) atoms. The van der Waals surface area contributed by atoms with E-state index in [0.717, 1.165) is 4.31 Å². The molecule has 0 saturated carbocycles. The Hall–Kier alpha value is -4.54. The quantitative estimate of drug-likeness (QED) is 0.258. The zero-order chi connectivity index (χ0) is 28.2. The van der Waals surface area contributed by atoms with Crippen LogP contribution in [0.3, 0.4) is 0 Å². The normalized spacial score (nSPS) is 10.9. The number of amides is 1. The van der Waals surface area contributed by atoms with Gasteiger partial charge in [-0.05, 0) is 91.0 Å². The van der Waals surface area contributed by atoms with Crippen LogP contribution in [0.5, 0.6) is 17.2 Å². The summed E-state index contributed by atoms with van der Waals surface area (Å²) in [6, 6.07) is 22.7. The molecule has 11 heteroatoms. The molecule has 9 nitrogen and oxygen atoms in total. The molecule has 0 bridgehead atoms. The number of anilines is 2. The van der Waals surface area contributed by atoms with Crippen LogP contribution in [0.4, 0.5) is 11.4 Å². The molecule has 4 aromatic rings. The molecule has 2 N–H and O–H groups in total. The molecule has 0 aliphatic rings. The summed E-state index contributed by atoms with van der Waals surface area (Å²) in [5.41, 5.74) is 0.632. The lowest BCUT2D eigenvalue weighted by atomic mass is 10.1. The molecule has 0 aliphatic heterocycles. The summed E-state index contributed by atoms with van der Waals surface area (Å²) in [6.07, 6.45) is 0. The van der Waals surface area contributed by atoms with Crippen LogP contribution in [0.25, 0.3) is 0 Å². The van der Waals surface area contributed by atoms with E-state index in [1.54, 1.807) is 48.5 Å². The van der Waals surface area contributed by atoms with Gasteiger partial charge in [0, 0.05) is 17.6 Å². The molecule has 0 atom stereocenters. The maximum Gasteiger partial charge on any atom is 0.337 e. The number of nitrogens with one attached hydrogen (secondary N) is 1. The van der Waals surface area contributed by atoms with Gasteiger partial charge in [0.15, 0.2) is 0 Å². The van der Waals surface area contributed by atoms with Gasteiger partial charge in [-0.2, -0.15) is 0 Å². The first kappa shape index (κ1) is 27.5. The smallest absolute Gasteiger partial charge is 0.337 e. The molecule has 0 aromatic heterocycles. The average molecular weight is 567 g/mol.